The van der Waals surface area contributed by atoms with E-state index in [1.165, 1.54) is 16.7 Å². The summed E-state index contributed by atoms with van der Waals surface area (Å²) in [6.07, 6.45) is 0. The quantitative estimate of drug-likeness (QED) is 0.557. The van der Waals surface area contributed by atoms with Crippen molar-refractivity contribution in [1.82, 2.24) is 9.88 Å². The second-order valence-corrected chi connectivity index (χ2v) is 10.1. The lowest BCUT2D eigenvalue weighted by atomic mass is 9.83. The predicted molar refractivity (Wildman–Crippen MR) is 123 cm³/mol. The van der Waals surface area contributed by atoms with Gasteiger partial charge in [0.1, 0.15) is 17.6 Å². The van der Waals surface area contributed by atoms with E-state index in [1.54, 1.807) is 24.3 Å². The second-order valence-electron chi connectivity index (χ2n) is 7.98. The molecule has 0 spiro atoms. The number of carbonyl (C=O) groups excluding carboxylic acids is 3. The molecule has 0 bridgehead atoms. The zero-order chi connectivity index (χ0) is 23.3. The smallest absolute Gasteiger partial charge is 0.308 e. The molecule has 168 valence electrons. The average molecular weight is 484 g/mol. The summed E-state index contributed by atoms with van der Waals surface area (Å²) in [5.41, 5.74) is 2.30. The van der Waals surface area contributed by atoms with Gasteiger partial charge < -0.3 is 5.32 Å². The molecule has 1 aromatic heterocycles. The number of nitrogens with zero attached hydrogens (tertiary/aromatic N) is 1. The minimum atomic E-state index is -0.736. The topological polar surface area (TPSA) is 97.3 Å². The Bertz CT molecular complexity index is 1330. The first-order valence-corrected chi connectivity index (χ1v) is 11.9. The van der Waals surface area contributed by atoms with Crippen LogP contribution in [-0.4, -0.2) is 27.5 Å². The number of nitrogens with one attached hydrogen (secondary N) is 2. The Morgan fingerprint density at radius 3 is 2.45 bits per heavy atom. The van der Waals surface area contributed by atoms with Crippen LogP contribution in [0.5, 0.6) is 0 Å². The van der Waals surface area contributed by atoms with Crippen molar-refractivity contribution in [2.24, 2.45) is 5.92 Å². The van der Waals surface area contributed by atoms with E-state index >= 15 is 0 Å². The molecule has 2 aliphatic heterocycles. The van der Waals surface area contributed by atoms with Crippen molar-refractivity contribution in [2.45, 2.75) is 29.7 Å². The Hall–Kier alpha value is -3.24. The minimum Gasteiger partial charge on any atom is -0.325 e. The summed E-state index contributed by atoms with van der Waals surface area (Å²) in [4.78, 5) is 50.9. The summed E-state index contributed by atoms with van der Waals surface area (Å²) in [7, 11) is 0. The number of amides is 3. The van der Waals surface area contributed by atoms with Crippen molar-refractivity contribution in [3.8, 4) is 0 Å². The first kappa shape index (κ1) is 21.6. The lowest BCUT2D eigenvalue weighted by molar-refractivity contribution is -0.126. The van der Waals surface area contributed by atoms with Gasteiger partial charge in [0.2, 0.25) is 17.7 Å². The number of benzene rings is 2. The number of aromatic nitrogens is 1. The second kappa shape index (κ2) is 8.27. The van der Waals surface area contributed by atoms with Crippen LogP contribution in [0.25, 0.3) is 0 Å². The summed E-state index contributed by atoms with van der Waals surface area (Å²) in [5.74, 6) is -2.95. The highest BCUT2D eigenvalue weighted by atomic mass is 32.2. The van der Waals surface area contributed by atoms with Crippen molar-refractivity contribution in [1.29, 1.82) is 0 Å². The molecule has 3 atom stereocenters. The first-order valence-electron chi connectivity index (χ1n) is 10.2. The number of anilines is 1. The van der Waals surface area contributed by atoms with Gasteiger partial charge in [-0.05, 0) is 36.8 Å². The fourth-order valence-electron chi connectivity index (χ4n) is 4.19. The molecular formula is C23H18FN3O4S2. The van der Waals surface area contributed by atoms with Crippen LogP contribution >= 0.6 is 23.1 Å². The van der Waals surface area contributed by atoms with Crippen LogP contribution < -0.4 is 15.5 Å². The highest BCUT2D eigenvalue weighted by Crippen LogP contribution is 2.51. The lowest BCUT2D eigenvalue weighted by Crippen LogP contribution is -2.32. The molecule has 1 fully saturated rings. The molecule has 2 aromatic carbocycles. The Labute approximate surface area is 196 Å². The highest BCUT2D eigenvalue weighted by molar-refractivity contribution is 8.00. The SMILES string of the molecule is Cc1ccc(NC(=O)Cn2c3c(sc2=O)[C@@H](c2ccc(F)cc2)[C@H]2C(=O)NC(=O)[C@H]2S3)cc1. The number of thioether (sulfide) groups is 1. The monoisotopic (exact) mass is 483 g/mol. The maximum Gasteiger partial charge on any atom is 0.308 e. The molecule has 0 unspecified atom stereocenters. The molecule has 2 N–H and O–H groups in total. The molecule has 10 heteroatoms. The summed E-state index contributed by atoms with van der Waals surface area (Å²) in [6.45, 7) is 1.71. The van der Waals surface area contributed by atoms with Gasteiger partial charge in [0.05, 0.1) is 10.9 Å². The third-order valence-corrected chi connectivity index (χ3v) is 8.37. The third kappa shape index (κ3) is 3.89. The molecule has 2 aliphatic rings. The molecule has 5 rings (SSSR count). The fourth-order valence-corrected chi connectivity index (χ4v) is 6.93. The summed E-state index contributed by atoms with van der Waals surface area (Å²) in [6, 6.07) is 13.0. The number of hydrogen-bond donors (Lipinski definition) is 2. The predicted octanol–water partition coefficient (Wildman–Crippen LogP) is 2.87. The van der Waals surface area contributed by atoms with Gasteiger partial charge in [-0.25, -0.2) is 4.39 Å². The van der Waals surface area contributed by atoms with Gasteiger partial charge >= 0.3 is 4.87 Å². The number of hydrogen-bond acceptors (Lipinski definition) is 6. The Morgan fingerprint density at radius 2 is 1.76 bits per heavy atom. The van der Waals surface area contributed by atoms with E-state index in [2.05, 4.69) is 10.6 Å². The Morgan fingerprint density at radius 1 is 1.06 bits per heavy atom. The van der Waals surface area contributed by atoms with Crippen LogP contribution in [0.15, 0.2) is 58.4 Å². The minimum absolute atomic E-state index is 0.228. The standard InChI is InChI=1S/C23H18FN3O4S2/c1-11-2-8-14(9-3-11)25-15(28)10-27-22-19(33-23(27)31)16(12-4-6-13(24)7-5-12)17-18(32-22)21(30)26-20(17)29/h2-9,16-18H,10H2,1H3,(H,25,28)(H,26,29,30)/t16-,17+,18-/m0/s1. The fraction of sp³-hybridized carbons (Fsp3) is 0.217. The number of rotatable bonds is 4. The molecule has 0 aliphatic carbocycles. The van der Waals surface area contributed by atoms with Gasteiger partial charge in [0, 0.05) is 16.5 Å². The molecule has 33 heavy (non-hydrogen) atoms. The zero-order valence-corrected chi connectivity index (χ0v) is 19.0. The van der Waals surface area contributed by atoms with E-state index in [9.17, 15) is 23.6 Å². The van der Waals surface area contributed by atoms with Crippen LogP contribution in [0.2, 0.25) is 0 Å². The number of halogens is 1. The molecular weight excluding hydrogens is 465 g/mol. The van der Waals surface area contributed by atoms with E-state index < -0.39 is 34.7 Å². The van der Waals surface area contributed by atoms with Crippen LogP contribution in [0, 0.1) is 18.7 Å². The Balaban J connectivity index is 1.52. The van der Waals surface area contributed by atoms with Gasteiger partial charge in [0.15, 0.2) is 0 Å². The lowest BCUT2D eigenvalue weighted by Gasteiger charge is -2.30. The van der Waals surface area contributed by atoms with Gasteiger partial charge in [0.25, 0.3) is 0 Å². The zero-order valence-electron chi connectivity index (χ0n) is 17.3. The molecule has 1 saturated heterocycles. The third-order valence-electron chi connectivity index (χ3n) is 5.75. The van der Waals surface area contributed by atoms with Crippen molar-refractivity contribution in [3.05, 3.63) is 80.0 Å². The number of carbonyl (C=O) groups is 3. The van der Waals surface area contributed by atoms with Crippen molar-refractivity contribution in [3.63, 3.8) is 0 Å². The molecule has 0 radical (unpaired) electrons. The van der Waals surface area contributed by atoms with Gasteiger partial charge in [-0.1, -0.05) is 52.9 Å². The summed E-state index contributed by atoms with van der Waals surface area (Å²) in [5, 5.41) is 4.90. The molecule has 3 amide bonds. The molecule has 3 aromatic rings. The molecule has 0 saturated carbocycles. The summed E-state index contributed by atoms with van der Waals surface area (Å²) < 4.78 is 14.9. The van der Waals surface area contributed by atoms with Crippen molar-refractivity contribution in [2.75, 3.05) is 5.32 Å². The summed E-state index contributed by atoms with van der Waals surface area (Å²) >= 11 is 2.07. The van der Waals surface area contributed by atoms with E-state index in [0.717, 1.165) is 28.7 Å². The van der Waals surface area contributed by atoms with E-state index in [0.29, 0.717) is 21.2 Å². The normalized spacial score (nSPS) is 21.3. The van der Waals surface area contributed by atoms with Crippen LogP contribution in [0.1, 0.15) is 21.9 Å². The first-order chi connectivity index (χ1) is 15.8. The van der Waals surface area contributed by atoms with Crippen LogP contribution in [0.3, 0.4) is 0 Å². The number of aryl methyl sites for hydroxylation is 1. The number of fused-ring (bicyclic) bond motifs is 2. The average Bonchev–Trinajstić information content (AvgIpc) is 3.24. The largest absolute Gasteiger partial charge is 0.325 e. The van der Waals surface area contributed by atoms with E-state index in [4.69, 9.17) is 0 Å². The molecule has 3 heterocycles. The van der Waals surface area contributed by atoms with Gasteiger partial charge in [-0.15, -0.1) is 0 Å². The van der Waals surface area contributed by atoms with E-state index in [-0.39, 0.29) is 17.3 Å². The maximum atomic E-state index is 13.5. The van der Waals surface area contributed by atoms with Crippen molar-refractivity contribution >= 4 is 46.5 Å². The van der Waals surface area contributed by atoms with Crippen LogP contribution in [0.4, 0.5) is 10.1 Å². The van der Waals surface area contributed by atoms with Gasteiger partial charge in [-0.3, -0.25) is 29.1 Å². The van der Waals surface area contributed by atoms with Gasteiger partial charge in [-0.2, -0.15) is 0 Å². The number of imide groups is 1. The number of thiazole rings is 1. The maximum absolute atomic E-state index is 13.5. The van der Waals surface area contributed by atoms with Crippen LogP contribution in [-0.2, 0) is 20.9 Å². The highest BCUT2D eigenvalue weighted by Gasteiger charge is 2.52. The van der Waals surface area contributed by atoms with Crippen molar-refractivity contribution < 1.29 is 18.8 Å². The Kier molecular flexibility index (Phi) is 5.41. The molecule has 7 nitrogen and oxygen atoms in total. The van der Waals surface area contributed by atoms with E-state index in [1.807, 2.05) is 19.1 Å².